The highest BCUT2D eigenvalue weighted by atomic mass is 16.6. The number of nitrogens with one attached hydrogen (secondary N) is 1. The van der Waals surface area contributed by atoms with Gasteiger partial charge in [0, 0.05) is 24.2 Å². The smallest absolute Gasteiger partial charge is 0.422 e. The zero-order valence-corrected chi connectivity index (χ0v) is 14.2. The first kappa shape index (κ1) is 18.9. The Labute approximate surface area is 141 Å². The molecule has 0 saturated heterocycles. The normalized spacial score (nSPS) is 11.2. The number of nitriles is 1. The van der Waals surface area contributed by atoms with Crippen LogP contribution in [0.1, 0.15) is 33.3 Å². The van der Waals surface area contributed by atoms with Crippen molar-refractivity contribution in [2.24, 2.45) is 0 Å². The third-order valence-electron chi connectivity index (χ3n) is 2.68. The minimum atomic E-state index is -0.917. The molecule has 1 aromatic heterocycles. The highest BCUT2D eigenvalue weighted by Crippen LogP contribution is 2.22. The van der Waals surface area contributed by atoms with Gasteiger partial charge in [-0.05, 0) is 51.0 Å². The molecular formula is C17H20N4O3. The zero-order chi connectivity index (χ0) is 18.3. The van der Waals surface area contributed by atoms with Crippen molar-refractivity contribution in [2.75, 3.05) is 0 Å². The maximum absolute atomic E-state index is 12.3. The number of imide groups is 1. The molecule has 0 atom stereocenters. The van der Waals surface area contributed by atoms with Crippen LogP contribution in [0.3, 0.4) is 0 Å². The van der Waals surface area contributed by atoms with E-state index in [1.54, 1.807) is 52.2 Å². The number of nitrogens with zero attached hydrogens (tertiary/aromatic N) is 3. The van der Waals surface area contributed by atoms with E-state index in [0.717, 1.165) is 5.56 Å². The second-order valence-electron chi connectivity index (χ2n) is 5.95. The highest BCUT2D eigenvalue weighted by molar-refractivity contribution is 5.95. The third kappa shape index (κ3) is 5.57. The van der Waals surface area contributed by atoms with E-state index >= 15 is 0 Å². The largest absolute Gasteiger partial charge is 0.443 e. The Kier molecular flexibility index (Phi) is 6.24. The van der Waals surface area contributed by atoms with Crippen LogP contribution < -0.4 is 5.32 Å². The van der Waals surface area contributed by atoms with Gasteiger partial charge in [-0.15, -0.1) is 0 Å². The Balaban J connectivity index is 3.31. The van der Waals surface area contributed by atoms with Crippen molar-refractivity contribution in [3.63, 3.8) is 0 Å². The number of ether oxygens (including phenoxy) is 1. The van der Waals surface area contributed by atoms with Crippen LogP contribution in [0.5, 0.6) is 0 Å². The van der Waals surface area contributed by atoms with Gasteiger partial charge in [0.15, 0.2) is 6.19 Å². The second-order valence-corrected chi connectivity index (χ2v) is 5.95. The number of rotatable bonds is 3. The van der Waals surface area contributed by atoms with Gasteiger partial charge in [-0.25, -0.2) is 19.8 Å². The fraction of sp³-hybridized carbons (Fsp3) is 0.294. The molecule has 0 aliphatic carbocycles. The molecule has 7 nitrogen and oxygen atoms in total. The van der Waals surface area contributed by atoms with Crippen molar-refractivity contribution in [1.29, 1.82) is 5.26 Å². The van der Waals surface area contributed by atoms with E-state index in [0.29, 0.717) is 16.0 Å². The minimum absolute atomic E-state index is 0.538. The summed E-state index contributed by atoms with van der Waals surface area (Å²) in [4.78, 5) is 29.0. The van der Waals surface area contributed by atoms with Gasteiger partial charge in [0.1, 0.15) is 5.60 Å². The Morgan fingerprint density at radius 1 is 1.38 bits per heavy atom. The van der Waals surface area contributed by atoms with Gasteiger partial charge in [-0.3, -0.25) is 4.98 Å². The van der Waals surface area contributed by atoms with Gasteiger partial charge in [0.05, 0.1) is 0 Å². The number of carbonyl (C=O) groups is 2. The fourth-order valence-corrected chi connectivity index (χ4v) is 1.71. The number of urea groups is 1. The van der Waals surface area contributed by atoms with Crippen molar-refractivity contribution >= 4 is 17.7 Å². The molecule has 1 aromatic rings. The van der Waals surface area contributed by atoms with E-state index in [2.05, 4.69) is 11.6 Å². The van der Waals surface area contributed by atoms with Crippen molar-refractivity contribution in [3.8, 4) is 6.19 Å². The summed E-state index contributed by atoms with van der Waals surface area (Å²) in [6.07, 6.45) is 5.05. The van der Waals surface area contributed by atoms with Crippen LogP contribution in [0.25, 0.3) is 5.57 Å². The molecule has 1 N–H and O–H groups in total. The summed E-state index contributed by atoms with van der Waals surface area (Å²) in [7, 11) is 0. The topological polar surface area (TPSA) is 95.3 Å². The molecule has 0 saturated carbocycles. The van der Waals surface area contributed by atoms with E-state index < -0.39 is 17.7 Å². The summed E-state index contributed by atoms with van der Waals surface area (Å²) in [5.74, 6) is 0. The molecule has 0 aromatic carbocycles. The van der Waals surface area contributed by atoms with E-state index in [-0.39, 0.29) is 0 Å². The van der Waals surface area contributed by atoms with Gasteiger partial charge < -0.3 is 4.74 Å². The fourth-order valence-electron chi connectivity index (χ4n) is 1.71. The summed E-state index contributed by atoms with van der Waals surface area (Å²) in [5.41, 5.74) is 1.09. The molecule has 0 aliphatic heterocycles. The predicted octanol–water partition coefficient (Wildman–Crippen LogP) is 3.43. The lowest BCUT2D eigenvalue weighted by molar-refractivity contribution is 0.0391. The Morgan fingerprint density at radius 3 is 2.42 bits per heavy atom. The Hall–Kier alpha value is -3.14. The Bertz CT molecular complexity index is 697. The van der Waals surface area contributed by atoms with Crippen LogP contribution in [0, 0.1) is 11.5 Å². The quantitative estimate of drug-likeness (QED) is 0.521. The van der Waals surface area contributed by atoms with Crippen LogP contribution >= 0.6 is 0 Å². The van der Waals surface area contributed by atoms with Crippen LogP contribution in [0.2, 0.25) is 0 Å². The second kappa shape index (κ2) is 7.92. The van der Waals surface area contributed by atoms with Gasteiger partial charge in [0.25, 0.3) is 0 Å². The third-order valence-corrected chi connectivity index (χ3v) is 2.68. The van der Waals surface area contributed by atoms with Gasteiger partial charge >= 0.3 is 12.1 Å². The van der Waals surface area contributed by atoms with Gasteiger partial charge in [-0.1, -0.05) is 6.58 Å². The van der Waals surface area contributed by atoms with Gasteiger partial charge in [-0.2, -0.15) is 5.26 Å². The molecule has 0 spiro atoms. The monoisotopic (exact) mass is 328 g/mol. The van der Waals surface area contributed by atoms with E-state index in [1.165, 1.54) is 12.4 Å². The van der Waals surface area contributed by atoms with E-state index in [9.17, 15) is 9.59 Å². The van der Waals surface area contributed by atoms with Crippen molar-refractivity contribution < 1.29 is 14.3 Å². The molecule has 0 unspecified atom stereocenters. The molecule has 24 heavy (non-hydrogen) atoms. The van der Waals surface area contributed by atoms with Crippen LogP contribution in [0.15, 0.2) is 42.9 Å². The molecule has 0 fully saturated rings. The van der Waals surface area contributed by atoms with Gasteiger partial charge in [0.2, 0.25) is 0 Å². The summed E-state index contributed by atoms with van der Waals surface area (Å²) < 4.78 is 5.21. The highest BCUT2D eigenvalue weighted by Gasteiger charge is 2.26. The summed E-state index contributed by atoms with van der Waals surface area (Å²) in [6, 6.07) is 2.52. The lowest BCUT2D eigenvalue weighted by Gasteiger charge is -2.24. The first-order valence-corrected chi connectivity index (χ1v) is 7.15. The molecule has 3 amide bonds. The van der Waals surface area contributed by atoms with Crippen molar-refractivity contribution in [2.45, 2.75) is 33.3 Å². The molecule has 0 radical (unpaired) electrons. The average Bonchev–Trinajstić information content (AvgIpc) is 2.46. The maximum atomic E-state index is 12.3. The number of aromatic nitrogens is 1. The van der Waals surface area contributed by atoms with E-state index in [4.69, 9.17) is 10.00 Å². The van der Waals surface area contributed by atoms with Crippen LogP contribution in [0.4, 0.5) is 9.59 Å². The number of hydrogen-bond acceptors (Lipinski definition) is 5. The number of allylic oxidation sites excluding steroid dienone is 2. The predicted molar refractivity (Wildman–Crippen MR) is 89.2 cm³/mol. The first-order chi connectivity index (χ1) is 11.2. The maximum Gasteiger partial charge on any atom is 0.422 e. The standard InChI is InChI=1S/C17H20N4O3/c1-12(2)14(13-6-8-19-9-7-13)10-21(15(22)20-11-18)16(23)24-17(3,4)5/h6-10H,1H2,2-5H3,(H,20,22)/b14-10+. The number of carbonyl (C=O) groups excluding carboxylic acids is 2. The molecule has 126 valence electrons. The number of hydrogen-bond donors (Lipinski definition) is 1. The minimum Gasteiger partial charge on any atom is -0.443 e. The number of pyridine rings is 1. The lowest BCUT2D eigenvalue weighted by atomic mass is 10.0. The molecule has 1 heterocycles. The molecule has 0 aliphatic rings. The lowest BCUT2D eigenvalue weighted by Crippen LogP contribution is -2.41. The van der Waals surface area contributed by atoms with Crippen LogP contribution in [-0.2, 0) is 4.74 Å². The summed E-state index contributed by atoms with van der Waals surface area (Å²) in [5, 5.41) is 10.6. The summed E-state index contributed by atoms with van der Waals surface area (Å²) >= 11 is 0. The van der Waals surface area contributed by atoms with E-state index in [1.807, 2.05) is 5.32 Å². The number of amides is 3. The Morgan fingerprint density at radius 2 is 1.96 bits per heavy atom. The average molecular weight is 328 g/mol. The SMILES string of the molecule is C=C(C)/C(=C\N(C(=O)NC#N)C(=O)OC(C)(C)C)c1ccncc1. The summed E-state index contributed by atoms with van der Waals surface area (Å²) in [6.45, 7) is 10.6. The first-order valence-electron chi connectivity index (χ1n) is 7.15. The van der Waals surface area contributed by atoms with Crippen molar-refractivity contribution in [1.82, 2.24) is 15.2 Å². The molecular weight excluding hydrogens is 308 g/mol. The van der Waals surface area contributed by atoms with Crippen molar-refractivity contribution in [3.05, 3.63) is 48.4 Å². The van der Waals surface area contributed by atoms with Crippen LogP contribution in [-0.4, -0.2) is 27.6 Å². The zero-order valence-electron chi connectivity index (χ0n) is 14.2. The molecule has 7 heteroatoms. The molecule has 0 bridgehead atoms. The molecule has 1 rings (SSSR count).